The highest BCUT2D eigenvalue weighted by Crippen LogP contribution is 2.25. The van der Waals surface area contributed by atoms with Crippen molar-refractivity contribution in [2.24, 2.45) is 0 Å². The van der Waals surface area contributed by atoms with E-state index < -0.39 is 21.7 Å². The fourth-order valence-corrected chi connectivity index (χ4v) is 3.38. The average Bonchev–Trinajstić information content (AvgIpc) is 3.33. The van der Waals surface area contributed by atoms with E-state index in [1.165, 1.54) is 36.4 Å². The molecule has 1 aliphatic carbocycles. The lowest BCUT2D eigenvalue weighted by Gasteiger charge is -2.11. The van der Waals surface area contributed by atoms with Crippen LogP contribution >= 0.6 is 11.6 Å². The molecule has 126 valence electrons. The monoisotopic (exact) mass is 368 g/mol. The van der Waals surface area contributed by atoms with Gasteiger partial charge in [-0.15, -0.1) is 0 Å². The zero-order valence-electron chi connectivity index (χ0n) is 12.4. The van der Waals surface area contributed by atoms with E-state index in [1.807, 2.05) is 0 Å². The number of carbonyl (C=O) groups excluding carboxylic acids is 1. The summed E-state index contributed by atoms with van der Waals surface area (Å²) in [6.45, 7) is 0. The van der Waals surface area contributed by atoms with Crippen LogP contribution in [0.3, 0.4) is 0 Å². The van der Waals surface area contributed by atoms with Gasteiger partial charge in [-0.05, 0) is 43.2 Å². The summed E-state index contributed by atoms with van der Waals surface area (Å²) in [4.78, 5) is 12.0. The molecule has 0 spiro atoms. The van der Waals surface area contributed by atoms with Crippen molar-refractivity contribution in [1.29, 1.82) is 0 Å². The van der Waals surface area contributed by atoms with Gasteiger partial charge >= 0.3 is 0 Å². The van der Waals surface area contributed by atoms with Crippen molar-refractivity contribution in [2.45, 2.75) is 23.8 Å². The van der Waals surface area contributed by atoms with E-state index in [9.17, 15) is 17.6 Å². The Balaban J connectivity index is 1.90. The largest absolute Gasteiger partial charge is 0.349 e. The third-order valence-corrected chi connectivity index (χ3v) is 5.22. The smallest absolute Gasteiger partial charge is 0.262 e. The van der Waals surface area contributed by atoms with E-state index in [2.05, 4.69) is 10.0 Å². The highest BCUT2D eigenvalue weighted by atomic mass is 35.5. The summed E-state index contributed by atoms with van der Waals surface area (Å²) >= 11 is 5.99. The fourth-order valence-electron chi connectivity index (χ4n) is 2.08. The molecule has 1 aliphatic rings. The number of carbonyl (C=O) groups is 1. The summed E-state index contributed by atoms with van der Waals surface area (Å²) in [5.74, 6) is -1.12. The standard InChI is InChI=1S/C16H14ClFN2O3S/c17-13-8-7-11(9-12(13)16(21)19-10-5-6-10)24(22,23)20-15-4-2-1-3-14(15)18/h1-4,7-10,20H,5-6H2,(H,19,21). The highest BCUT2D eigenvalue weighted by molar-refractivity contribution is 7.92. The second kappa shape index (κ2) is 6.41. The van der Waals surface area contributed by atoms with Gasteiger partial charge in [-0.2, -0.15) is 0 Å². The first-order valence-electron chi connectivity index (χ1n) is 7.24. The molecule has 1 saturated carbocycles. The molecule has 5 nitrogen and oxygen atoms in total. The van der Waals surface area contributed by atoms with Crippen molar-refractivity contribution < 1.29 is 17.6 Å². The van der Waals surface area contributed by atoms with Crippen LogP contribution in [-0.4, -0.2) is 20.4 Å². The van der Waals surface area contributed by atoms with E-state index in [4.69, 9.17) is 11.6 Å². The lowest BCUT2D eigenvalue weighted by molar-refractivity contribution is 0.0951. The number of rotatable bonds is 5. The van der Waals surface area contributed by atoms with E-state index in [0.717, 1.165) is 18.9 Å². The normalized spacial score (nSPS) is 14.2. The predicted molar refractivity (Wildman–Crippen MR) is 89.1 cm³/mol. The van der Waals surface area contributed by atoms with E-state index >= 15 is 0 Å². The molecule has 0 unspecified atom stereocenters. The topological polar surface area (TPSA) is 75.3 Å². The van der Waals surface area contributed by atoms with E-state index in [1.54, 1.807) is 0 Å². The Bertz CT molecular complexity index is 898. The molecule has 24 heavy (non-hydrogen) atoms. The maximum atomic E-state index is 13.6. The number of nitrogens with one attached hydrogen (secondary N) is 2. The summed E-state index contributed by atoms with van der Waals surface area (Å²) < 4.78 is 40.7. The molecule has 0 radical (unpaired) electrons. The van der Waals surface area contributed by atoms with Gasteiger partial charge in [0.1, 0.15) is 5.82 Å². The number of anilines is 1. The van der Waals surface area contributed by atoms with Crippen molar-refractivity contribution in [2.75, 3.05) is 4.72 Å². The molecular weight excluding hydrogens is 355 g/mol. The maximum Gasteiger partial charge on any atom is 0.262 e. The summed E-state index contributed by atoms with van der Waals surface area (Å²) in [6, 6.07) is 9.32. The van der Waals surface area contributed by atoms with Gasteiger partial charge in [-0.3, -0.25) is 9.52 Å². The SMILES string of the molecule is O=C(NC1CC1)c1cc(S(=O)(=O)Nc2ccccc2F)ccc1Cl. The summed E-state index contributed by atoms with van der Waals surface area (Å²) in [6.07, 6.45) is 1.80. The molecule has 2 N–H and O–H groups in total. The molecule has 1 amide bonds. The van der Waals surface area contributed by atoms with Gasteiger partial charge in [0.05, 0.1) is 21.2 Å². The molecule has 0 aromatic heterocycles. The Morgan fingerprint density at radius 2 is 1.88 bits per heavy atom. The highest BCUT2D eigenvalue weighted by Gasteiger charge is 2.26. The third-order valence-electron chi connectivity index (χ3n) is 3.52. The first-order valence-corrected chi connectivity index (χ1v) is 9.11. The van der Waals surface area contributed by atoms with Gasteiger partial charge < -0.3 is 5.32 Å². The van der Waals surface area contributed by atoms with Gasteiger partial charge in [-0.25, -0.2) is 12.8 Å². The molecule has 3 rings (SSSR count). The van der Waals surface area contributed by atoms with Crippen LogP contribution in [0.1, 0.15) is 23.2 Å². The molecule has 0 atom stereocenters. The van der Waals surface area contributed by atoms with Crippen LogP contribution in [0.15, 0.2) is 47.4 Å². The minimum absolute atomic E-state index is 0.0694. The quantitative estimate of drug-likeness (QED) is 0.851. The van der Waals surface area contributed by atoms with E-state index in [0.29, 0.717) is 0 Å². The molecule has 0 bridgehead atoms. The zero-order valence-corrected chi connectivity index (χ0v) is 14.0. The zero-order chi connectivity index (χ0) is 17.3. The Morgan fingerprint density at radius 1 is 1.17 bits per heavy atom. The van der Waals surface area contributed by atoms with Gasteiger partial charge in [0, 0.05) is 6.04 Å². The number of halogens is 2. The lowest BCUT2D eigenvalue weighted by Crippen LogP contribution is -2.26. The molecule has 1 fully saturated rings. The first-order chi connectivity index (χ1) is 11.4. The van der Waals surface area contributed by atoms with Gasteiger partial charge in [0.15, 0.2) is 0 Å². The Hall–Kier alpha value is -2.12. The summed E-state index contributed by atoms with van der Waals surface area (Å²) in [7, 11) is -4.05. The predicted octanol–water partition coefficient (Wildman–Crippen LogP) is 3.17. The number of benzene rings is 2. The molecule has 0 heterocycles. The van der Waals surface area contributed by atoms with Gasteiger partial charge in [0.2, 0.25) is 0 Å². The minimum atomic E-state index is -4.05. The van der Waals surface area contributed by atoms with Crippen molar-refractivity contribution in [1.82, 2.24) is 5.32 Å². The van der Waals surface area contributed by atoms with Crippen LogP contribution in [0.4, 0.5) is 10.1 Å². The molecule has 0 aliphatic heterocycles. The van der Waals surface area contributed by atoms with Crippen LogP contribution in [0.2, 0.25) is 5.02 Å². The Labute approximate surface area is 143 Å². The summed E-state index contributed by atoms with van der Waals surface area (Å²) in [5.41, 5.74) is -0.101. The van der Waals surface area contributed by atoms with Crippen LogP contribution in [-0.2, 0) is 10.0 Å². The van der Waals surface area contributed by atoms with Crippen molar-refractivity contribution in [3.05, 3.63) is 58.9 Å². The molecule has 2 aromatic rings. The van der Waals surface area contributed by atoms with Crippen LogP contribution < -0.4 is 10.0 Å². The Morgan fingerprint density at radius 3 is 2.54 bits per heavy atom. The van der Waals surface area contributed by atoms with Gasteiger partial charge in [-0.1, -0.05) is 23.7 Å². The second-order valence-corrected chi connectivity index (χ2v) is 7.56. The summed E-state index contributed by atoms with van der Waals surface area (Å²) in [5, 5.41) is 2.90. The average molecular weight is 369 g/mol. The van der Waals surface area contributed by atoms with Crippen molar-refractivity contribution in [3.63, 3.8) is 0 Å². The fraction of sp³-hybridized carbons (Fsp3) is 0.188. The van der Waals surface area contributed by atoms with Crippen LogP contribution in [0.25, 0.3) is 0 Å². The maximum absolute atomic E-state index is 13.6. The lowest BCUT2D eigenvalue weighted by atomic mass is 10.2. The number of amides is 1. The van der Waals surface area contributed by atoms with Crippen molar-refractivity contribution in [3.8, 4) is 0 Å². The van der Waals surface area contributed by atoms with Gasteiger partial charge in [0.25, 0.3) is 15.9 Å². The first kappa shape index (κ1) is 16.7. The second-order valence-electron chi connectivity index (χ2n) is 5.47. The number of hydrogen-bond donors (Lipinski definition) is 2. The Kier molecular flexibility index (Phi) is 4.47. The van der Waals surface area contributed by atoms with Crippen molar-refractivity contribution >= 4 is 33.2 Å². The minimum Gasteiger partial charge on any atom is -0.349 e. The molecule has 0 saturated heterocycles. The van der Waals surface area contributed by atoms with Crippen LogP contribution in [0, 0.1) is 5.82 Å². The number of sulfonamides is 1. The third kappa shape index (κ3) is 3.68. The molecule has 2 aromatic carbocycles. The van der Waals surface area contributed by atoms with E-state index in [-0.39, 0.29) is 27.2 Å². The molecular formula is C16H14ClFN2O3S. The molecule has 8 heteroatoms. The number of hydrogen-bond acceptors (Lipinski definition) is 3. The number of para-hydroxylation sites is 1. The van der Waals surface area contributed by atoms with Crippen LogP contribution in [0.5, 0.6) is 0 Å².